The van der Waals surface area contributed by atoms with E-state index in [2.05, 4.69) is 16.0 Å². The Morgan fingerprint density at radius 1 is 1.10 bits per heavy atom. The van der Waals surface area contributed by atoms with E-state index in [0.29, 0.717) is 29.3 Å². The molecule has 3 heterocycles. The second kappa shape index (κ2) is 8.12. The third-order valence-electron chi connectivity index (χ3n) is 7.40. The van der Waals surface area contributed by atoms with Gasteiger partial charge in [0.15, 0.2) is 0 Å². The Morgan fingerprint density at radius 3 is 2.67 bits per heavy atom. The number of aryl methyl sites for hydroxylation is 1. The lowest BCUT2D eigenvalue weighted by molar-refractivity contribution is -0.134. The van der Waals surface area contributed by atoms with E-state index in [1.54, 1.807) is 0 Å². The van der Waals surface area contributed by atoms with E-state index >= 15 is 0 Å². The molecule has 1 amide bonds. The Balaban J connectivity index is 1.32. The highest BCUT2D eigenvalue weighted by Crippen LogP contribution is 2.35. The molecule has 3 unspecified atom stereocenters. The Bertz CT molecular complexity index is 997. The second-order valence-corrected chi connectivity index (χ2v) is 9.21. The Hall–Kier alpha value is -2.25. The van der Waals surface area contributed by atoms with Crippen molar-refractivity contribution in [1.82, 2.24) is 25.5 Å². The highest BCUT2D eigenvalue weighted by Gasteiger charge is 2.44. The molecule has 2 N–H and O–H groups in total. The van der Waals surface area contributed by atoms with Crippen molar-refractivity contribution < 1.29 is 4.79 Å². The molecule has 1 saturated carbocycles. The smallest absolute Gasteiger partial charge is 0.275 e. The van der Waals surface area contributed by atoms with Crippen molar-refractivity contribution in [3.05, 3.63) is 40.3 Å². The zero-order chi connectivity index (χ0) is 20.7. The number of amides is 1. The Labute approximate surface area is 176 Å². The minimum Gasteiger partial charge on any atom is -0.341 e. The second-order valence-electron chi connectivity index (χ2n) is 9.21. The first-order valence-electron chi connectivity index (χ1n) is 11.4. The van der Waals surface area contributed by atoms with Crippen LogP contribution in [0.15, 0.2) is 29.1 Å². The first kappa shape index (κ1) is 19.7. The van der Waals surface area contributed by atoms with Crippen LogP contribution >= 0.6 is 0 Å². The number of aromatic nitrogens is 2. The molecule has 30 heavy (non-hydrogen) atoms. The molecule has 1 aliphatic carbocycles. The number of carbonyl (C=O) groups excluding carboxylic acids is 1. The van der Waals surface area contributed by atoms with Gasteiger partial charge in [-0.25, -0.2) is 4.68 Å². The number of hydrazine groups is 1. The van der Waals surface area contributed by atoms with Crippen LogP contribution in [0.4, 0.5) is 0 Å². The number of nitrogens with one attached hydrogen (secondary N) is 2. The van der Waals surface area contributed by atoms with Gasteiger partial charge in [-0.1, -0.05) is 37.5 Å². The lowest BCUT2D eigenvalue weighted by Gasteiger charge is -2.39. The number of piperidine rings is 1. The molecule has 3 fully saturated rings. The van der Waals surface area contributed by atoms with E-state index in [1.165, 1.54) is 36.8 Å². The van der Waals surface area contributed by atoms with Crippen LogP contribution in [-0.2, 0) is 11.3 Å². The minimum absolute atomic E-state index is 0.00738. The zero-order valence-corrected chi connectivity index (χ0v) is 17.6. The summed E-state index contributed by atoms with van der Waals surface area (Å²) in [7, 11) is 0. The Morgan fingerprint density at radius 2 is 1.87 bits per heavy atom. The largest absolute Gasteiger partial charge is 0.341 e. The van der Waals surface area contributed by atoms with Crippen LogP contribution in [0.3, 0.4) is 0 Å². The normalized spacial score (nSPS) is 27.4. The lowest BCUT2D eigenvalue weighted by Crippen LogP contribution is -2.51. The van der Waals surface area contributed by atoms with Crippen molar-refractivity contribution in [2.45, 2.75) is 64.1 Å². The van der Waals surface area contributed by atoms with Crippen LogP contribution in [0.2, 0.25) is 0 Å². The monoisotopic (exact) mass is 409 g/mol. The molecular weight excluding hydrogens is 378 g/mol. The van der Waals surface area contributed by atoms with Crippen molar-refractivity contribution in [1.29, 1.82) is 0 Å². The molecule has 1 aromatic heterocycles. The molecule has 2 aliphatic heterocycles. The van der Waals surface area contributed by atoms with E-state index in [0.717, 1.165) is 30.6 Å². The number of fused-ring (bicyclic) bond motifs is 2. The molecule has 2 saturated heterocycles. The highest BCUT2D eigenvalue weighted by molar-refractivity contribution is 5.83. The Kier molecular flexibility index (Phi) is 5.33. The van der Waals surface area contributed by atoms with Crippen molar-refractivity contribution in [2.24, 2.45) is 11.8 Å². The maximum Gasteiger partial charge on any atom is 0.275 e. The van der Waals surface area contributed by atoms with E-state index in [9.17, 15) is 9.59 Å². The van der Waals surface area contributed by atoms with Gasteiger partial charge in [0.05, 0.1) is 11.1 Å². The molecule has 7 heteroatoms. The fourth-order valence-electron chi connectivity index (χ4n) is 5.76. The average molecular weight is 410 g/mol. The number of hydrogen-bond donors (Lipinski definition) is 2. The molecule has 7 nitrogen and oxygen atoms in total. The van der Waals surface area contributed by atoms with Gasteiger partial charge in [-0.05, 0) is 38.2 Å². The van der Waals surface area contributed by atoms with Gasteiger partial charge < -0.3 is 4.90 Å². The van der Waals surface area contributed by atoms with E-state index in [4.69, 9.17) is 0 Å². The number of rotatable bonds is 3. The third kappa shape index (κ3) is 3.54. The van der Waals surface area contributed by atoms with E-state index in [-0.39, 0.29) is 18.0 Å². The van der Waals surface area contributed by atoms with Crippen LogP contribution in [0.5, 0.6) is 0 Å². The summed E-state index contributed by atoms with van der Waals surface area (Å²) in [5.74, 6) is 1.13. The summed E-state index contributed by atoms with van der Waals surface area (Å²) in [6, 6.07) is 8.35. The molecule has 0 spiro atoms. The molecule has 160 valence electrons. The van der Waals surface area contributed by atoms with Crippen molar-refractivity contribution >= 4 is 16.7 Å². The quantitative estimate of drug-likeness (QED) is 0.810. The molecule has 3 atom stereocenters. The maximum absolute atomic E-state index is 13.1. The van der Waals surface area contributed by atoms with Gasteiger partial charge in [-0.2, -0.15) is 5.10 Å². The van der Waals surface area contributed by atoms with Crippen LogP contribution in [-0.4, -0.2) is 45.8 Å². The summed E-state index contributed by atoms with van der Waals surface area (Å²) in [5.41, 5.74) is 7.64. The fraction of sp³-hybridized carbons (Fsp3) is 0.609. The average Bonchev–Trinajstić information content (AvgIpc) is 3.21. The van der Waals surface area contributed by atoms with Crippen LogP contribution in [0, 0.1) is 18.8 Å². The standard InChI is InChI=1S/C23H31N5O2/c1-15-17-9-5-6-10-18(17)23(30)28(26-15)14-21(29)27-12-11-20-19(13-27)22(25-24-20)16-7-3-2-4-8-16/h5-6,9-10,16,19-20,22,24-25H,2-4,7-8,11-14H2,1H3. The molecule has 0 bridgehead atoms. The van der Waals surface area contributed by atoms with Gasteiger partial charge in [0.25, 0.3) is 5.56 Å². The van der Waals surface area contributed by atoms with Gasteiger partial charge >= 0.3 is 0 Å². The summed E-state index contributed by atoms with van der Waals surface area (Å²) >= 11 is 0. The zero-order valence-electron chi connectivity index (χ0n) is 17.6. The van der Waals surface area contributed by atoms with Crippen molar-refractivity contribution in [3.8, 4) is 0 Å². The first-order valence-corrected chi connectivity index (χ1v) is 11.4. The predicted molar refractivity (Wildman–Crippen MR) is 116 cm³/mol. The number of hydrogen-bond acceptors (Lipinski definition) is 5. The summed E-state index contributed by atoms with van der Waals surface area (Å²) in [6.45, 7) is 3.38. The topological polar surface area (TPSA) is 79.3 Å². The molecule has 5 rings (SSSR count). The first-order chi connectivity index (χ1) is 14.6. The van der Waals surface area contributed by atoms with Crippen molar-refractivity contribution in [2.75, 3.05) is 13.1 Å². The van der Waals surface area contributed by atoms with Crippen molar-refractivity contribution in [3.63, 3.8) is 0 Å². The van der Waals surface area contributed by atoms with Crippen LogP contribution < -0.4 is 16.4 Å². The van der Waals surface area contributed by atoms with Gasteiger partial charge in [0.1, 0.15) is 6.54 Å². The minimum atomic E-state index is -0.191. The maximum atomic E-state index is 13.1. The third-order valence-corrected chi connectivity index (χ3v) is 7.40. The van der Waals surface area contributed by atoms with Gasteiger partial charge in [-0.3, -0.25) is 20.4 Å². The number of likely N-dealkylation sites (tertiary alicyclic amines) is 1. The van der Waals surface area contributed by atoms with Gasteiger partial charge in [0, 0.05) is 36.5 Å². The molecule has 2 aromatic rings. The summed E-state index contributed by atoms with van der Waals surface area (Å²) < 4.78 is 1.34. The van der Waals surface area contributed by atoms with Crippen LogP contribution in [0.25, 0.3) is 10.8 Å². The molecular formula is C23H31N5O2. The van der Waals surface area contributed by atoms with Gasteiger partial charge in [0.2, 0.25) is 5.91 Å². The van der Waals surface area contributed by atoms with E-state index < -0.39 is 0 Å². The highest BCUT2D eigenvalue weighted by atomic mass is 16.2. The SMILES string of the molecule is Cc1nn(CC(=O)N2CCC3NNC(C4CCCCC4)C3C2)c(=O)c2ccccc12. The van der Waals surface area contributed by atoms with E-state index in [1.807, 2.05) is 36.1 Å². The molecule has 3 aliphatic rings. The summed E-state index contributed by atoms with van der Waals surface area (Å²) in [5, 5.41) is 5.90. The molecule has 0 radical (unpaired) electrons. The lowest BCUT2D eigenvalue weighted by atomic mass is 9.76. The predicted octanol–water partition coefficient (Wildman–Crippen LogP) is 1.98. The number of nitrogens with zero attached hydrogens (tertiary/aromatic N) is 3. The fourth-order valence-corrected chi connectivity index (χ4v) is 5.76. The summed E-state index contributed by atoms with van der Waals surface area (Å²) in [6.07, 6.45) is 7.50. The summed E-state index contributed by atoms with van der Waals surface area (Å²) in [4.78, 5) is 27.9. The molecule has 1 aromatic carbocycles. The number of carbonyl (C=O) groups is 1. The van der Waals surface area contributed by atoms with Gasteiger partial charge in [-0.15, -0.1) is 0 Å². The number of benzene rings is 1. The van der Waals surface area contributed by atoms with Crippen LogP contribution in [0.1, 0.15) is 44.2 Å².